The molecule has 0 atom stereocenters. The monoisotopic (exact) mass is 725 g/mol. The van der Waals surface area contributed by atoms with Gasteiger partial charge in [0.05, 0.1) is 25.8 Å². The van der Waals surface area contributed by atoms with Crippen molar-refractivity contribution in [2.75, 3.05) is 84.7 Å². The minimum Gasteiger partial charge on any atom is -0.404 e. The van der Waals surface area contributed by atoms with Crippen molar-refractivity contribution in [3.8, 4) is 0 Å². The summed E-state index contributed by atoms with van der Waals surface area (Å²) < 4.78 is 42.7. The fraction of sp³-hybridized carbons (Fsp3) is 0.622. The summed E-state index contributed by atoms with van der Waals surface area (Å²) in [5, 5.41) is 11.3. The Labute approximate surface area is 304 Å². The second-order valence-electron chi connectivity index (χ2n) is 14.0. The SMILES string of the molecule is CN=C/C(=C\N)c1cc2c(cc1C(F)F)N(c1nn(C3CCN(C(=O)COCCOCC4CCNCC4)CC3)c3c1CN(C(=O)NC)CC3)CCC2. The van der Waals surface area contributed by atoms with Crippen LogP contribution in [0.3, 0.4) is 0 Å². The summed E-state index contributed by atoms with van der Waals surface area (Å²) >= 11 is 0. The zero-order valence-electron chi connectivity index (χ0n) is 30.4. The van der Waals surface area contributed by atoms with Crippen LogP contribution in [0.5, 0.6) is 0 Å². The number of nitrogens with two attached hydrogens (primary N) is 1. The molecule has 4 N–H and O–H groups in total. The Bertz CT molecular complexity index is 1620. The molecule has 5 heterocycles. The van der Waals surface area contributed by atoms with Crippen LogP contribution in [0, 0.1) is 5.92 Å². The lowest BCUT2D eigenvalue weighted by molar-refractivity contribution is -0.138. The van der Waals surface area contributed by atoms with Crippen molar-refractivity contribution in [3.05, 3.63) is 46.3 Å². The number of anilines is 2. The van der Waals surface area contributed by atoms with Gasteiger partial charge in [0.2, 0.25) is 5.91 Å². The Balaban J connectivity index is 1.17. The smallest absolute Gasteiger partial charge is 0.317 e. The zero-order chi connectivity index (χ0) is 36.6. The summed E-state index contributed by atoms with van der Waals surface area (Å²) in [5.41, 5.74) is 10.1. The van der Waals surface area contributed by atoms with Gasteiger partial charge in [0, 0.05) is 93.8 Å². The van der Waals surface area contributed by atoms with Gasteiger partial charge in [0.25, 0.3) is 6.43 Å². The number of nitrogens with one attached hydrogen (secondary N) is 2. The van der Waals surface area contributed by atoms with Gasteiger partial charge in [-0.3, -0.25) is 14.5 Å². The Morgan fingerprint density at radius 2 is 1.85 bits per heavy atom. The number of fused-ring (bicyclic) bond motifs is 2. The number of alkyl halides is 2. The van der Waals surface area contributed by atoms with Crippen LogP contribution in [0.4, 0.5) is 25.1 Å². The number of hydrogen-bond acceptors (Lipinski definition) is 9. The molecule has 0 bridgehead atoms. The molecular formula is C37H53F2N9O4. The molecule has 13 nitrogen and oxygen atoms in total. The number of ether oxygens (including phenoxy) is 2. The first kappa shape index (κ1) is 37.7. The van der Waals surface area contributed by atoms with E-state index in [2.05, 4.69) is 20.3 Å². The van der Waals surface area contributed by atoms with Crippen LogP contribution >= 0.6 is 0 Å². The fourth-order valence-electron chi connectivity index (χ4n) is 7.95. The fourth-order valence-corrected chi connectivity index (χ4v) is 7.95. The standard InChI is InChI=1S/C37H53F2N9O4/c1-41-21-27(20-40)29-18-26-4-3-12-47(33(26)19-30(29)35(38)39)36-31-22-46(37(50)42-2)15-9-32(31)48(44-36)28-7-13-45(14-8-28)34(49)24-52-17-16-51-23-25-5-10-43-11-6-25/h18-21,25,28,35,43H,3-17,22-24,40H2,1-2H3,(H,42,50)/b27-20+,41-21?. The van der Waals surface area contributed by atoms with Gasteiger partial charge in [-0.2, -0.15) is 5.10 Å². The molecule has 0 spiro atoms. The maximum absolute atomic E-state index is 14.6. The zero-order valence-corrected chi connectivity index (χ0v) is 30.4. The molecule has 15 heteroatoms. The highest BCUT2D eigenvalue weighted by Crippen LogP contribution is 2.42. The lowest BCUT2D eigenvalue weighted by atomic mass is 9.92. The summed E-state index contributed by atoms with van der Waals surface area (Å²) in [4.78, 5) is 35.5. The lowest BCUT2D eigenvalue weighted by Gasteiger charge is -2.34. The van der Waals surface area contributed by atoms with Crippen LogP contribution in [0.1, 0.15) is 72.5 Å². The average molecular weight is 726 g/mol. The number of urea groups is 1. The van der Waals surface area contributed by atoms with Gasteiger partial charge in [-0.15, -0.1) is 0 Å². The Morgan fingerprint density at radius 1 is 1.08 bits per heavy atom. The molecule has 52 heavy (non-hydrogen) atoms. The number of aryl methyl sites for hydroxylation is 1. The first-order chi connectivity index (χ1) is 25.3. The number of aliphatic imine (C=N–C) groups is 1. The predicted octanol–water partition coefficient (Wildman–Crippen LogP) is 3.80. The minimum atomic E-state index is -2.73. The van der Waals surface area contributed by atoms with Crippen molar-refractivity contribution < 1.29 is 27.8 Å². The van der Waals surface area contributed by atoms with E-state index in [9.17, 15) is 18.4 Å². The van der Waals surface area contributed by atoms with Crippen molar-refractivity contribution in [2.24, 2.45) is 16.6 Å². The third-order valence-corrected chi connectivity index (χ3v) is 10.8. The normalized spacial score (nSPS) is 19.0. The highest BCUT2D eigenvalue weighted by atomic mass is 19.3. The van der Waals surface area contributed by atoms with Crippen LogP contribution in [0.15, 0.2) is 23.3 Å². The topological polar surface area (TPSA) is 143 Å². The molecule has 1 aromatic heterocycles. The molecule has 0 unspecified atom stereocenters. The number of likely N-dealkylation sites (tertiary alicyclic amines) is 1. The number of amides is 3. The van der Waals surface area contributed by atoms with Gasteiger partial charge in [-0.05, 0) is 80.8 Å². The van der Waals surface area contributed by atoms with Gasteiger partial charge < -0.3 is 40.5 Å². The second-order valence-corrected chi connectivity index (χ2v) is 14.0. The van der Waals surface area contributed by atoms with E-state index in [0.29, 0.717) is 80.9 Å². The number of carbonyl (C=O) groups is 2. The van der Waals surface area contributed by atoms with Gasteiger partial charge in [-0.1, -0.05) is 0 Å². The maximum Gasteiger partial charge on any atom is 0.317 e. The molecule has 284 valence electrons. The quantitative estimate of drug-likeness (QED) is 0.222. The van der Waals surface area contributed by atoms with E-state index < -0.39 is 6.43 Å². The van der Waals surface area contributed by atoms with Gasteiger partial charge >= 0.3 is 6.03 Å². The number of benzene rings is 1. The van der Waals surface area contributed by atoms with Crippen LogP contribution < -0.4 is 21.3 Å². The first-order valence-corrected chi connectivity index (χ1v) is 18.6. The summed E-state index contributed by atoms with van der Waals surface area (Å²) in [5.74, 6) is 1.25. The molecule has 4 aliphatic rings. The summed E-state index contributed by atoms with van der Waals surface area (Å²) in [6.07, 6.45) is 5.93. The van der Waals surface area contributed by atoms with E-state index in [4.69, 9.17) is 20.3 Å². The molecule has 4 aliphatic heterocycles. The number of rotatable bonds is 12. The van der Waals surface area contributed by atoms with Crippen LogP contribution in [-0.4, -0.2) is 118 Å². The highest BCUT2D eigenvalue weighted by molar-refractivity contribution is 6.10. The third kappa shape index (κ3) is 8.42. The van der Waals surface area contributed by atoms with Gasteiger partial charge in [0.15, 0.2) is 5.82 Å². The Morgan fingerprint density at radius 3 is 2.56 bits per heavy atom. The number of halogens is 2. The van der Waals surface area contributed by atoms with Crippen molar-refractivity contribution in [1.29, 1.82) is 0 Å². The largest absolute Gasteiger partial charge is 0.404 e. The van der Waals surface area contributed by atoms with E-state index in [1.165, 1.54) is 12.4 Å². The Kier molecular flexibility index (Phi) is 12.8. The van der Waals surface area contributed by atoms with E-state index in [-0.39, 0.29) is 30.2 Å². The average Bonchev–Trinajstić information content (AvgIpc) is 3.56. The van der Waals surface area contributed by atoms with Crippen molar-refractivity contribution in [3.63, 3.8) is 0 Å². The number of hydrogen-bond donors (Lipinski definition) is 3. The molecular weight excluding hydrogens is 672 g/mol. The lowest BCUT2D eigenvalue weighted by Crippen LogP contribution is -2.43. The van der Waals surface area contributed by atoms with E-state index in [1.807, 2.05) is 15.9 Å². The molecule has 2 aromatic rings. The third-order valence-electron chi connectivity index (χ3n) is 10.8. The Hall–Kier alpha value is -4.08. The summed E-state index contributed by atoms with van der Waals surface area (Å²) in [6, 6.07) is 3.26. The molecule has 0 saturated carbocycles. The molecule has 0 radical (unpaired) electrons. The van der Waals surface area contributed by atoms with Crippen molar-refractivity contribution in [1.82, 2.24) is 30.2 Å². The molecule has 0 aliphatic carbocycles. The number of nitrogens with zero attached hydrogens (tertiary/aromatic N) is 6. The molecule has 1 aromatic carbocycles. The number of aromatic nitrogens is 2. The van der Waals surface area contributed by atoms with E-state index in [0.717, 1.165) is 75.0 Å². The van der Waals surface area contributed by atoms with E-state index >= 15 is 0 Å². The summed E-state index contributed by atoms with van der Waals surface area (Å²) in [6.45, 7) is 6.38. The molecule has 2 saturated heterocycles. The number of carbonyl (C=O) groups excluding carboxylic acids is 2. The maximum atomic E-state index is 14.6. The second kappa shape index (κ2) is 17.6. The van der Waals surface area contributed by atoms with Crippen molar-refractivity contribution >= 4 is 35.2 Å². The predicted molar refractivity (Wildman–Crippen MR) is 196 cm³/mol. The molecule has 3 amide bonds. The van der Waals surface area contributed by atoms with Gasteiger partial charge in [0.1, 0.15) is 6.61 Å². The van der Waals surface area contributed by atoms with E-state index in [1.54, 1.807) is 25.1 Å². The van der Waals surface area contributed by atoms with Gasteiger partial charge in [-0.25, -0.2) is 13.6 Å². The van der Waals surface area contributed by atoms with Crippen LogP contribution in [0.25, 0.3) is 5.57 Å². The summed E-state index contributed by atoms with van der Waals surface area (Å²) in [7, 11) is 3.20. The molecule has 6 rings (SSSR count). The number of piperidine rings is 2. The first-order valence-electron chi connectivity index (χ1n) is 18.6. The number of allylic oxidation sites excluding steroid dienone is 1. The highest BCUT2D eigenvalue weighted by Gasteiger charge is 2.35. The van der Waals surface area contributed by atoms with Crippen LogP contribution in [0.2, 0.25) is 0 Å². The minimum absolute atomic E-state index is 0.0295. The van der Waals surface area contributed by atoms with Crippen LogP contribution in [-0.2, 0) is 33.7 Å². The molecule has 2 fully saturated rings. The van der Waals surface area contributed by atoms with Crippen molar-refractivity contribution in [2.45, 2.75) is 64.0 Å².